The van der Waals surface area contributed by atoms with Gasteiger partial charge in [-0.05, 0) is 26.3 Å². The van der Waals surface area contributed by atoms with Gasteiger partial charge in [0.15, 0.2) is 5.92 Å². The fourth-order valence-electron chi connectivity index (χ4n) is 2.52. The van der Waals surface area contributed by atoms with Crippen molar-refractivity contribution in [1.82, 2.24) is 5.32 Å². The average Bonchev–Trinajstić information content (AvgIpc) is 2.39. The van der Waals surface area contributed by atoms with Crippen LogP contribution < -0.4 is 5.32 Å². The maximum atomic E-state index is 12.2. The van der Waals surface area contributed by atoms with Gasteiger partial charge >= 0.3 is 5.97 Å². The van der Waals surface area contributed by atoms with Crippen LogP contribution in [-0.2, 0) is 19.9 Å². The fourth-order valence-corrected chi connectivity index (χ4v) is 2.52. The fraction of sp³-hybridized carbons (Fsp3) is 0.400. The van der Waals surface area contributed by atoms with Crippen molar-refractivity contribution in [3.8, 4) is 0 Å². The molecule has 0 spiro atoms. The monoisotopic (exact) mass is 274 g/mol. The number of ether oxygens (including phenoxy) is 1. The normalized spacial score (nSPS) is 25.6. The first-order valence-electron chi connectivity index (χ1n) is 6.58. The summed E-state index contributed by atoms with van der Waals surface area (Å²) in [5.74, 6) is -1.40. The molecule has 0 saturated heterocycles. The van der Waals surface area contributed by atoms with Crippen molar-refractivity contribution in [2.24, 2.45) is 10.9 Å². The Balaban J connectivity index is 2.52. The number of amides is 1. The van der Waals surface area contributed by atoms with Crippen molar-refractivity contribution < 1.29 is 14.3 Å². The summed E-state index contributed by atoms with van der Waals surface area (Å²) in [4.78, 5) is 28.9. The number of hydrogen-bond acceptors (Lipinski definition) is 4. The Bertz CT molecular complexity index is 553. The van der Waals surface area contributed by atoms with Gasteiger partial charge in [0.1, 0.15) is 11.4 Å². The second-order valence-corrected chi connectivity index (χ2v) is 4.89. The van der Waals surface area contributed by atoms with Crippen LogP contribution in [-0.4, -0.2) is 24.3 Å². The van der Waals surface area contributed by atoms with Gasteiger partial charge in [0.25, 0.3) is 0 Å². The zero-order chi connectivity index (χ0) is 14.8. The molecule has 106 valence electrons. The third-order valence-corrected chi connectivity index (χ3v) is 3.41. The second-order valence-electron chi connectivity index (χ2n) is 4.89. The van der Waals surface area contributed by atoms with E-state index in [-0.39, 0.29) is 12.5 Å². The third-order valence-electron chi connectivity index (χ3n) is 3.41. The lowest BCUT2D eigenvalue weighted by Gasteiger charge is -2.36. The number of carbonyl (C=O) groups is 2. The van der Waals surface area contributed by atoms with Gasteiger partial charge in [-0.2, -0.15) is 0 Å². The first kappa shape index (κ1) is 14.2. The van der Waals surface area contributed by atoms with Crippen LogP contribution in [0.4, 0.5) is 0 Å². The molecule has 2 rings (SSSR count). The zero-order valence-corrected chi connectivity index (χ0v) is 11.8. The molecule has 0 saturated carbocycles. The average molecular weight is 274 g/mol. The van der Waals surface area contributed by atoms with Crippen molar-refractivity contribution in [1.29, 1.82) is 0 Å². The molecule has 20 heavy (non-hydrogen) atoms. The Kier molecular flexibility index (Phi) is 3.88. The molecule has 0 fully saturated rings. The summed E-state index contributed by atoms with van der Waals surface area (Å²) < 4.78 is 5.03. The van der Waals surface area contributed by atoms with Crippen molar-refractivity contribution in [2.45, 2.75) is 26.3 Å². The number of nitrogens with one attached hydrogen (secondary N) is 1. The minimum atomic E-state index is -0.978. The van der Waals surface area contributed by atoms with Crippen molar-refractivity contribution >= 4 is 17.7 Å². The maximum Gasteiger partial charge on any atom is 0.321 e. The van der Waals surface area contributed by atoms with E-state index in [0.29, 0.717) is 5.84 Å². The van der Waals surface area contributed by atoms with Gasteiger partial charge < -0.3 is 10.1 Å². The molecule has 1 aromatic carbocycles. The molecule has 2 unspecified atom stereocenters. The van der Waals surface area contributed by atoms with Crippen molar-refractivity contribution in [3.05, 3.63) is 35.9 Å². The van der Waals surface area contributed by atoms with Crippen LogP contribution in [0.15, 0.2) is 35.3 Å². The first-order valence-corrected chi connectivity index (χ1v) is 6.58. The molecule has 0 radical (unpaired) electrons. The van der Waals surface area contributed by atoms with E-state index in [1.807, 2.05) is 30.3 Å². The van der Waals surface area contributed by atoms with E-state index >= 15 is 0 Å². The number of nitrogens with zero attached hydrogens (tertiary/aromatic N) is 1. The summed E-state index contributed by atoms with van der Waals surface area (Å²) in [6.07, 6.45) is 0. The lowest BCUT2D eigenvalue weighted by atomic mass is 9.78. The van der Waals surface area contributed by atoms with Crippen LogP contribution in [0.1, 0.15) is 26.3 Å². The predicted octanol–water partition coefficient (Wildman–Crippen LogP) is 1.63. The molecule has 1 amide bonds. The molecule has 1 aliphatic rings. The quantitative estimate of drug-likeness (QED) is 0.673. The largest absolute Gasteiger partial charge is 0.465 e. The lowest BCUT2D eigenvalue weighted by molar-refractivity contribution is -0.155. The SMILES string of the molecule is CCOC(=O)C1C(=O)NC(C)=NC1(C)c1ccccc1. The maximum absolute atomic E-state index is 12.2. The highest BCUT2D eigenvalue weighted by Crippen LogP contribution is 2.36. The van der Waals surface area contributed by atoms with E-state index in [2.05, 4.69) is 10.3 Å². The summed E-state index contributed by atoms with van der Waals surface area (Å²) in [6, 6.07) is 9.33. The molecule has 2 atom stereocenters. The van der Waals surface area contributed by atoms with Gasteiger partial charge in [-0.25, -0.2) is 0 Å². The van der Waals surface area contributed by atoms with E-state index in [1.165, 1.54) is 0 Å². The van der Waals surface area contributed by atoms with E-state index in [1.54, 1.807) is 20.8 Å². The highest BCUT2D eigenvalue weighted by atomic mass is 16.5. The van der Waals surface area contributed by atoms with Crippen molar-refractivity contribution in [2.75, 3.05) is 6.61 Å². The Morgan fingerprint density at radius 2 is 2.05 bits per heavy atom. The Morgan fingerprint density at radius 3 is 2.65 bits per heavy atom. The topological polar surface area (TPSA) is 67.8 Å². The summed E-state index contributed by atoms with van der Waals surface area (Å²) in [5.41, 5.74) is -0.132. The van der Waals surface area contributed by atoms with Crippen molar-refractivity contribution in [3.63, 3.8) is 0 Å². The molecule has 0 bridgehead atoms. The van der Waals surface area contributed by atoms with Crippen LogP contribution in [0.3, 0.4) is 0 Å². The van der Waals surface area contributed by atoms with Gasteiger partial charge in [-0.3, -0.25) is 14.6 Å². The molecule has 1 heterocycles. The molecule has 0 aromatic heterocycles. The number of carbonyl (C=O) groups excluding carboxylic acids is 2. The molecular formula is C15H18N2O3. The number of hydrogen-bond donors (Lipinski definition) is 1. The van der Waals surface area contributed by atoms with Crippen LogP contribution in [0.5, 0.6) is 0 Å². The van der Waals surface area contributed by atoms with Gasteiger partial charge in [-0.15, -0.1) is 0 Å². The first-order chi connectivity index (χ1) is 9.49. The Morgan fingerprint density at radius 1 is 1.40 bits per heavy atom. The van der Waals surface area contributed by atoms with Crippen LogP contribution in [0.2, 0.25) is 0 Å². The van der Waals surface area contributed by atoms with E-state index in [0.717, 1.165) is 5.56 Å². The van der Waals surface area contributed by atoms with Crippen LogP contribution in [0, 0.1) is 5.92 Å². The molecule has 1 aliphatic heterocycles. The predicted molar refractivity (Wildman–Crippen MR) is 75.2 cm³/mol. The summed E-state index contributed by atoms with van der Waals surface area (Å²) in [6.45, 7) is 5.44. The number of amidine groups is 1. The van der Waals surface area contributed by atoms with Gasteiger partial charge in [0, 0.05) is 0 Å². The van der Waals surface area contributed by atoms with Gasteiger partial charge in [-0.1, -0.05) is 30.3 Å². The number of rotatable bonds is 3. The Labute approximate surface area is 118 Å². The summed E-state index contributed by atoms with van der Waals surface area (Å²) >= 11 is 0. The molecule has 1 aromatic rings. The van der Waals surface area contributed by atoms with Gasteiger partial charge in [0.05, 0.1) is 6.61 Å². The Hall–Kier alpha value is -2.17. The summed E-state index contributed by atoms with van der Waals surface area (Å²) in [7, 11) is 0. The number of aliphatic imine (C=N–C) groups is 1. The highest BCUT2D eigenvalue weighted by Gasteiger charge is 2.49. The van der Waals surface area contributed by atoms with E-state index < -0.39 is 17.4 Å². The van der Waals surface area contributed by atoms with E-state index in [4.69, 9.17) is 4.74 Å². The molecular weight excluding hydrogens is 256 g/mol. The van der Waals surface area contributed by atoms with E-state index in [9.17, 15) is 9.59 Å². The lowest BCUT2D eigenvalue weighted by Crippen LogP contribution is -2.53. The third kappa shape index (κ3) is 2.43. The molecule has 5 heteroatoms. The number of benzene rings is 1. The molecule has 5 nitrogen and oxygen atoms in total. The summed E-state index contributed by atoms with van der Waals surface area (Å²) in [5, 5.41) is 2.60. The standard InChI is InChI=1S/C15H18N2O3/c1-4-20-14(19)12-13(18)16-10(2)17-15(12,3)11-8-6-5-7-9-11/h5-9,12H,4H2,1-3H3,(H,16,17,18). The minimum Gasteiger partial charge on any atom is -0.465 e. The number of esters is 1. The zero-order valence-electron chi connectivity index (χ0n) is 11.8. The van der Waals surface area contributed by atoms with Crippen LogP contribution in [0.25, 0.3) is 0 Å². The van der Waals surface area contributed by atoms with Crippen LogP contribution >= 0.6 is 0 Å². The second kappa shape index (κ2) is 5.45. The molecule has 1 N–H and O–H groups in total. The smallest absolute Gasteiger partial charge is 0.321 e. The highest BCUT2D eigenvalue weighted by molar-refractivity contribution is 6.09. The molecule has 0 aliphatic carbocycles. The van der Waals surface area contributed by atoms with Gasteiger partial charge in [0.2, 0.25) is 5.91 Å². The minimum absolute atomic E-state index is 0.232.